The van der Waals surface area contributed by atoms with Crippen molar-refractivity contribution in [3.63, 3.8) is 0 Å². The van der Waals surface area contributed by atoms with E-state index in [2.05, 4.69) is 20.9 Å². The van der Waals surface area contributed by atoms with E-state index in [1.54, 1.807) is 17.7 Å². The highest BCUT2D eigenvalue weighted by Crippen LogP contribution is 2.24. The van der Waals surface area contributed by atoms with E-state index in [0.717, 1.165) is 12.1 Å². The highest BCUT2D eigenvalue weighted by Gasteiger charge is 2.09. The van der Waals surface area contributed by atoms with Gasteiger partial charge in [0.2, 0.25) is 5.91 Å². The van der Waals surface area contributed by atoms with Crippen molar-refractivity contribution in [2.24, 2.45) is 12.0 Å². The van der Waals surface area contributed by atoms with Crippen LogP contribution in [0.2, 0.25) is 10.2 Å². The van der Waals surface area contributed by atoms with Gasteiger partial charge < -0.3 is 20.5 Å². The second-order valence-corrected chi connectivity index (χ2v) is 5.23. The number of halogens is 2. The molecule has 0 aliphatic rings. The van der Waals surface area contributed by atoms with Gasteiger partial charge in [-0.3, -0.25) is 9.79 Å². The quantitative estimate of drug-likeness (QED) is 0.546. The molecule has 1 heterocycles. The van der Waals surface area contributed by atoms with Crippen molar-refractivity contribution < 1.29 is 4.79 Å². The second kappa shape index (κ2) is 8.79. The maximum atomic E-state index is 11.5. The van der Waals surface area contributed by atoms with E-state index in [9.17, 15) is 4.79 Å². The van der Waals surface area contributed by atoms with Gasteiger partial charge in [0, 0.05) is 26.3 Å². The van der Waals surface area contributed by atoms with Gasteiger partial charge in [0.25, 0.3) is 0 Å². The summed E-state index contributed by atoms with van der Waals surface area (Å²) in [5.41, 5.74) is 0.920. The van der Waals surface area contributed by atoms with Crippen LogP contribution < -0.4 is 16.0 Å². The largest absolute Gasteiger partial charge is 0.355 e. The third kappa shape index (κ3) is 5.47. The summed E-state index contributed by atoms with van der Waals surface area (Å²) in [6.45, 7) is 3.35. The van der Waals surface area contributed by atoms with Crippen molar-refractivity contribution in [1.29, 1.82) is 0 Å². The first-order chi connectivity index (χ1) is 9.99. The number of amides is 1. The standard InChI is InChI=1S/C13H21Cl2N5O/c1-4-5-17-11(21)8-19-13(16-2)18-7-9-6-10(14)12(15)20(9)3/h6H,4-5,7-8H2,1-3H3,(H,17,21)(H2,16,18,19). The summed E-state index contributed by atoms with van der Waals surface area (Å²) in [5.74, 6) is 0.472. The molecule has 0 bridgehead atoms. The van der Waals surface area contributed by atoms with E-state index < -0.39 is 0 Å². The van der Waals surface area contributed by atoms with Crippen LogP contribution in [-0.4, -0.2) is 36.6 Å². The zero-order chi connectivity index (χ0) is 15.8. The molecular formula is C13H21Cl2N5O. The zero-order valence-corrected chi connectivity index (χ0v) is 14.0. The Hall–Kier alpha value is -1.40. The Morgan fingerprint density at radius 3 is 2.57 bits per heavy atom. The third-order valence-electron chi connectivity index (χ3n) is 2.86. The van der Waals surface area contributed by atoms with Crippen LogP contribution in [0, 0.1) is 0 Å². The van der Waals surface area contributed by atoms with E-state index in [0.29, 0.717) is 29.2 Å². The lowest BCUT2D eigenvalue weighted by Crippen LogP contribution is -2.43. The van der Waals surface area contributed by atoms with Crippen LogP contribution in [0.5, 0.6) is 0 Å². The van der Waals surface area contributed by atoms with Gasteiger partial charge in [-0.1, -0.05) is 30.1 Å². The average molecular weight is 334 g/mol. The molecule has 0 unspecified atom stereocenters. The predicted octanol–water partition coefficient (Wildman–Crippen LogP) is 1.52. The number of carbonyl (C=O) groups excluding carboxylic acids is 1. The Kier molecular flexibility index (Phi) is 7.39. The molecule has 118 valence electrons. The second-order valence-electron chi connectivity index (χ2n) is 4.46. The van der Waals surface area contributed by atoms with Gasteiger partial charge in [-0.2, -0.15) is 0 Å². The van der Waals surface area contributed by atoms with Crippen molar-refractivity contribution in [3.8, 4) is 0 Å². The van der Waals surface area contributed by atoms with Crippen molar-refractivity contribution in [2.75, 3.05) is 20.1 Å². The molecule has 0 spiro atoms. The molecule has 0 aliphatic heterocycles. The molecule has 3 N–H and O–H groups in total. The molecule has 0 saturated heterocycles. The first kappa shape index (κ1) is 17.7. The van der Waals surface area contributed by atoms with Crippen molar-refractivity contribution in [2.45, 2.75) is 19.9 Å². The molecule has 8 heteroatoms. The normalized spacial score (nSPS) is 11.4. The Morgan fingerprint density at radius 2 is 2.05 bits per heavy atom. The van der Waals surface area contributed by atoms with Gasteiger partial charge in [-0.25, -0.2) is 0 Å². The molecule has 0 aliphatic carbocycles. The van der Waals surface area contributed by atoms with Crippen LogP contribution in [-0.2, 0) is 18.4 Å². The van der Waals surface area contributed by atoms with Gasteiger partial charge in [0.15, 0.2) is 5.96 Å². The first-order valence-corrected chi connectivity index (χ1v) is 7.46. The number of nitrogens with one attached hydrogen (secondary N) is 3. The van der Waals surface area contributed by atoms with Crippen LogP contribution >= 0.6 is 23.2 Å². The van der Waals surface area contributed by atoms with Crippen LogP contribution in [0.4, 0.5) is 0 Å². The number of aromatic nitrogens is 1. The molecule has 1 aromatic rings. The predicted molar refractivity (Wildman–Crippen MR) is 86.9 cm³/mol. The molecular weight excluding hydrogens is 313 g/mol. The van der Waals surface area contributed by atoms with E-state index in [1.807, 2.05) is 14.0 Å². The Labute approximate surface area is 134 Å². The number of aliphatic imine (C=N–C) groups is 1. The Bertz CT molecular complexity index is 513. The Morgan fingerprint density at radius 1 is 1.33 bits per heavy atom. The molecule has 0 radical (unpaired) electrons. The highest BCUT2D eigenvalue weighted by molar-refractivity contribution is 6.41. The van der Waals surface area contributed by atoms with Gasteiger partial charge in [-0.05, 0) is 12.5 Å². The lowest BCUT2D eigenvalue weighted by atomic mass is 10.4. The average Bonchev–Trinajstić information content (AvgIpc) is 2.72. The minimum atomic E-state index is -0.0650. The lowest BCUT2D eigenvalue weighted by molar-refractivity contribution is -0.120. The number of hydrogen-bond acceptors (Lipinski definition) is 2. The summed E-state index contributed by atoms with van der Waals surface area (Å²) in [7, 11) is 3.48. The summed E-state index contributed by atoms with van der Waals surface area (Å²) in [5, 5.41) is 9.83. The fourth-order valence-electron chi connectivity index (χ4n) is 1.64. The van der Waals surface area contributed by atoms with Gasteiger partial charge in [0.1, 0.15) is 5.15 Å². The van der Waals surface area contributed by atoms with Crippen LogP contribution in [0.1, 0.15) is 19.0 Å². The summed E-state index contributed by atoms with van der Waals surface area (Å²) in [6, 6.07) is 1.79. The summed E-state index contributed by atoms with van der Waals surface area (Å²) >= 11 is 12.0. The number of nitrogens with zero attached hydrogens (tertiary/aromatic N) is 2. The molecule has 21 heavy (non-hydrogen) atoms. The van der Waals surface area contributed by atoms with E-state index in [1.165, 1.54) is 0 Å². The number of guanidine groups is 1. The van der Waals surface area contributed by atoms with Crippen molar-refractivity contribution in [3.05, 3.63) is 21.9 Å². The molecule has 0 aromatic carbocycles. The molecule has 1 rings (SSSR count). The van der Waals surface area contributed by atoms with Gasteiger partial charge in [0.05, 0.1) is 18.1 Å². The Balaban J connectivity index is 2.44. The molecule has 1 amide bonds. The topological polar surface area (TPSA) is 70.4 Å². The summed E-state index contributed by atoms with van der Waals surface area (Å²) < 4.78 is 1.79. The molecule has 0 saturated carbocycles. The molecule has 6 nitrogen and oxygen atoms in total. The number of carbonyl (C=O) groups is 1. The SMILES string of the molecule is CCCNC(=O)CNC(=NC)NCc1cc(Cl)c(Cl)n1C. The minimum absolute atomic E-state index is 0.0650. The van der Waals surface area contributed by atoms with Crippen molar-refractivity contribution in [1.82, 2.24) is 20.5 Å². The zero-order valence-electron chi connectivity index (χ0n) is 12.5. The third-order valence-corrected chi connectivity index (χ3v) is 3.71. The maximum Gasteiger partial charge on any atom is 0.239 e. The van der Waals surface area contributed by atoms with Gasteiger partial charge >= 0.3 is 0 Å². The van der Waals surface area contributed by atoms with Crippen LogP contribution in [0.15, 0.2) is 11.1 Å². The number of rotatable bonds is 6. The highest BCUT2D eigenvalue weighted by atomic mass is 35.5. The summed E-state index contributed by atoms with van der Waals surface area (Å²) in [4.78, 5) is 15.6. The number of hydrogen-bond donors (Lipinski definition) is 3. The van der Waals surface area contributed by atoms with Crippen LogP contribution in [0.25, 0.3) is 0 Å². The van der Waals surface area contributed by atoms with Gasteiger partial charge in [-0.15, -0.1) is 0 Å². The monoisotopic (exact) mass is 333 g/mol. The smallest absolute Gasteiger partial charge is 0.239 e. The van der Waals surface area contributed by atoms with Crippen LogP contribution in [0.3, 0.4) is 0 Å². The first-order valence-electron chi connectivity index (χ1n) is 6.70. The fraction of sp³-hybridized carbons (Fsp3) is 0.538. The molecule has 1 aromatic heterocycles. The summed E-state index contributed by atoms with van der Waals surface area (Å²) in [6.07, 6.45) is 0.910. The van der Waals surface area contributed by atoms with E-state index in [-0.39, 0.29) is 12.5 Å². The van der Waals surface area contributed by atoms with E-state index >= 15 is 0 Å². The van der Waals surface area contributed by atoms with E-state index in [4.69, 9.17) is 23.2 Å². The fourth-order valence-corrected chi connectivity index (χ4v) is 2.06. The minimum Gasteiger partial charge on any atom is -0.355 e. The molecule has 0 fully saturated rings. The molecule has 0 atom stereocenters. The van der Waals surface area contributed by atoms with Crippen molar-refractivity contribution >= 4 is 35.1 Å². The lowest BCUT2D eigenvalue weighted by Gasteiger charge is -2.12. The maximum absolute atomic E-state index is 11.5.